The van der Waals surface area contributed by atoms with Gasteiger partial charge in [-0.25, -0.2) is 8.93 Å². The third-order valence-corrected chi connectivity index (χ3v) is 5.24. The zero-order valence-corrected chi connectivity index (χ0v) is 16.2. The van der Waals surface area contributed by atoms with Gasteiger partial charge in [0.25, 0.3) is 0 Å². The molecule has 2 N–H and O–H groups in total. The lowest BCUT2D eigenvalue weighted by molar-refractivity contribution is 0.269. The first-order valence-electron chi connectivity index (χ1n) is 9.01. The van der Waals surface area contributed by atoms with Crippen molar-refractivity contribution in [3.8, 4) is 22.4 Å². The maximum absolute atomic E-state index is 12.0. The Labute approximate surface area is 161 Å². The zero-order valence-electron chi connectivity index (χ0n) is 15.3. The Balaban J connectivity index is 1.86. The molecule has 2 aromatic heterocycles. The van der Waals surface area contributed by atoms with Gasteiger partial charge >= 0.3 is 0 Å². The number of nitrogens with one attached hydrogen (secondary N) is 1. The van der Waals surface area contributed by atoms with Crippen LogP contribution in [0, 0.1) is 0 Å². The molecule has 0 aliphatic heterocycles. The molecule has 27 heavy (non-hydrogen) atoms. The summed E-state index contributed by atoms with van der Waals surface area (Å²) in [6.45, 7) is 3.28. The predicted octanol–water partition coefficient (Wildman–Crippen LogP) is 2.77. The van der Waals surface area contributed by atoms with Crippen LogP contribution in [0.4, 0.5) is 0 Å². The molecular formula is C20H24N4O2S. The lowest BCUT2D eigenvalue weighted by atomic mass is 10.0. The Hall–Kier alpha value is -2.35. The van der Waals surface area contributed by atoms with Crippen LogP contribution in [-0.2, 0) is 23.3 Å². The molecule has 0 amide bonds. The smallest absolute Gasteiger partial charge is 0.100 e. The lowest BCUT2D eigenvalue weighted by Gasteiger charge is -2.06. The number of rotatable bonds is 9. The van der Waals surface area contributed by atoms with Crippen LogP contribution < -0.4 is 4.72 Å². The molecule has 0 aliphatic rings. The number of hydrogen-bond acceptors (Lipinski definition) is 4. The number of benzene rings is 1. The van der Waals surface area contributed by atoms with Crippen LogP contribution in [0.5, 0.6) is 0 Å². The van der Waals surface area contributed by atoms with Crippen molar-refractivity contribution in [3.63, 3.8) is 0 Å². The third kappa shape index (κ3) is 5.09. The molecule has 7 heteroatoms. The molecule has 0 aliphatic carbocycles. The number of pyridine rings is 1. The summed E-state index contributed by atoms with van der Waals surface area (Å²) in [7, 11) is -1.06. The molecule has 6 nitrogen and oxygen atoms in total. The van der Waals surface area contributed by atoms with Gasteiger partial charge in [0.15, 0.2) is 0 Å². The molecule has 0 radical (unpaired) electrons. The number of aliphatic hydroxyl groups is 1. The molecule has 0 spiro atoms. The van der Waals surface area contributed by atoms with E-state index in [2.05, 4.69) is 21.7 Å². The van der Waals surface area contributed by atoms with E-state index in [-0.39, 0.29) is 6.61 Å². The van der Waals surface area contributed by atoms with Crippen LogP contribution in [0.25, 0.3) is 22.4 Å². The molecule has 2 heterocycles. The highest BCUT2D eigenvalue weighted by Gasteiger charge is 2.13. The number of nitrogens with zero attached hydrogens (tertiary/aromatic N) is 3. The molecule has 3 aromatic rings. The van der Waals surface area contributed by atoms with Crippen molar-refractivity contribution in [3.05, 3.63) is 60.6 Å². The quantitative estimate of drug-likeness (QED) is 0.594. The largest absolute Gasteiger partial charge is 0.394 e. The third-order valence-electron chi connectivity index (χ3n) is 4.12. The number of aliphatic hydroxyl groups excluding tert-OH is 1. The fraction of sp³-hybridized carbons (Fsp3) is 0.300. The fourth-order valence-corrected chi connectivity index (χ4v) is 3.80. The maximum atomic E-state index is 12.0. The molecular weight excluding hydrogens is 360 g/mol. The topological polar surface area (TPSA) is 80.0 Å². The molecule has 0 saturated heterocycles. The summed E-state index contributed by atoms with van der Waals surface area (Å²) in [5.41, 5.74) is 4.87. The van der Waals surface area contributed by atoms with Crippen molar-refractivity contribution >= 4 is 11.0 Å². The summed E-state index contributed by atoms with van der Waals surface area (Å²) in [6, 6.07) is 11.9. The minimum Gasteiger partial charge on any atom is -0.394 e. The molecule has 142 valence electrons. The summed E-state index contributed by atoms with van der Waals surface area (Å²) in [5, 5.41) is 13.9. The monoisotopic (exact) mass is 384 g/mol. The Kier molecular flexibility index (Phi) is 6.86. The van der Waals surface area contributed by atoms with Crippen LogP contribution in [0.15, 0.2) is 55.0 Å². The molecule has 0 saturated carbocycles. The Morgan fingerprint density at radius 2 is 1.85 bits per heavy atom. The van der Waals surface area contributed by atoms with E-state index in [1.807, 2.05) is 42.6 Å². The van der Waals surface area contributed by atoms with Crippen molar-refractivity contribution in [1.29, 1.82) is 0 Å². The standard InChI is InChI=1S/C20H24N4O2S/c1-2-9-22-27(26)15-16-3-5-17(6-4-16)19-14-24(12-13-25)23-20(19)18-7-10-21-11-8-18/h3-8,10-11,14,22,25H,2,9,12-13,15H2,1H3. The zero-order chi connectivity index (χ0) is 19.1. The van der Waals surface area contributed by atoms with Crippen molar-refractivity contribution < 1.29 is 9.32 Å². The van der Waals surface area contributed by atoms with E-state index < -0.39 is 11.0 Å². The van der Waals surface area contributed by atoms with E-state index in [4.69, 9.17) is 0 Å². The predicted molar refractivity (Wildman–Crippen MR) is 108 cm³/mol. The second-order valence-electron chi connectivity index (χ2n) is 6.20. The number of hydrogen-bond donors (Lipinski definition) is 2. The average molecular weight is 385 g/mol. The SMILES string of the molecule is CCCNS(=O)Cc1ccc(-c2cn(CCO)nc2-c2ccncc2)cc1. The normalized spacial score (nSPS) is 12.2. The van der Waals surface area contributed by atoms with Gasteiger partial charge in [0.05, 0.1) is 29.9 Å². The second kappa shape index (κ2) is 9.55. The summed E-state index contributed by atoms with van der Waals surface area (Å²) < 4.78 is 16.8. The van der Waals surface area contributed by atoms with E-state index in [0.717, 1.165) is 40.9 Å². The number of aromatic nitrogens is 3. The molecule has 1 unspecified atom stereocenters. The van der Waals surface area contributed by atoms with Gasteiger partial charge in [0.2, 0.25) is 0 Å². The Bertz CT molecular complexity index is 879. The van der Waals surface area contributed by atoms with Crippen LogP contribution in [0.1, 0.15) is 18.9 Å². The van der Waals surface area contributed by atoms with E-state index in [9.17, 15) is 9.32 Å². The van der Waals surface area contributed by atoms with Gasteiger partial charge in [-0.3, -0.25) is 9.67 Å². The van der Waals surface area contributed by atoms with Crippen molar-refractivity contribution in [2.45, 2.75) is 25.6 Å². The van der Waals surface area contributed by atoms with Crippen LogP contribution >= 0.6 is 0 Å². The van der Waals surface area contributed by atoms with Gasteiger partial charge in [-0.05, 0) is 29.7 Å². The summed E-state index contributed by atoms with van der Waals surface area (Å²) in [4.78, 5) is 4.07. The Morgan fingerprint density at radius 1 is 1.11 bits per heavy atom. The Morgan fingerprint density at radius 3 is 2.52 bits per heavy atom. The molecule has 0 fully saturated rings. The molecule has 1 atom stereocenters. The first-order valence-corrected chi connectivity index (χ1v) is 10.3. The summed E-state index contributed by atoms with van der Waals surface area (Å²) >= 11 is 0. The maximum Gasteiger partial charge on any atom is 0.100 e. The van der Waals surface area contributed by atoms with Gasteiger partial charge in [0, 0.05) is 36.3 Å². The van der Waals surface area contributed by atoms with Gasteiger partial charge in [-0.1, -0.05) is 31.2 Å². The second-order valence-corrected chi connectivity index (χ2v) is 7.46. The fourth-order valence-electron chi connectivity index (χ4n) is 2.77. The van der Waals surface area contributed by atoms with Crippen LogP contribution in [-0.4, -0.2) is 37.2 Å². The van der Waals surface area contributed by atoms with Gasteiger partial charge < -0.3 is 5.11 Å². The van der Waals surface area contributed by atoms with Gasteiger partial charge in [-0.2, -0.15) is 5.10 Å². The van der Waals surface area contributed by atoms with E-state index in [0.29, 0.717) is 12.3 Å². The lowest BCUT2D eigenvalue weighted by Crippen LogP contribution is -2.19. The highest BCUT2D eigenvalue weighted by Crippen LogP contribution is 2.31. The van der Waals surface area contributed by atoms with E-state index in [1.54, 1.807) is 17.1 Å². The minimum absolute atomic E-state index is 0.0341. The van der Waals surface area contributed by atoms with Crippen molar-refractivity contribution in [1.82, 2.24) is 19.5 Å². The minimum atomic E-state index is -1.06. The highest BCUT2D eigenvalue weighted by molar-refractivity contribution is 7.82. The highest BCUT2D eigenvalue weighted by atomic mass is 32.2. The summed E-state index contributed by atoms with van der Waals surface area (Å²) in [6.07, 6.45) is 6.39. The van der Waals surface area contributed by atoms with Gasteiger partial charge in [0.1, 0.15) is 5.69 Å². The average Bonchev–Trinajstić information content (AvgIpc) is 3.12. The summed E-state index contributed by atoms with van der Waals surface area (Å²) in [5.74, 6) is 0.487. The molecule has 1 aromatic carbocycles. The first-order chi connectivity index (χ1) is 13.2. The van der Waals surface area contributed by atoms with E-state index in [1.165, 1.54) is 0 Å². The van der Waals surface area contributed by atoms with Gasteiger partial charge in [-0.15, -0.1) is 0 Å². The molecule has 3 rings (SSSR count). The van der Waals surface area contributed by atoms with Crippen LogP contribution in [0.3, 0.4) is 0 Å². The van der Waals surface area contributed by atoms with E-state index >= 15 is 0 Å². The van der Waals surface area contributed by atoms with Crippen molar-refractivity contribution in [2.24, 2.45) is 0 Å². The van der Waals surface area contributed by atoms with Crippen LogP contribution in [0.2, 0.25) is 0 Å². The van der Waals surface area contributed by atoms with Crippen molar-refractivity contribution in [2.75, 3.05) is 13.2 Å². The first kappa shape index (κ1) is 19.4. The molecule has 0 bridgehead atoms.